The standard InChI is InChI=1S/C16H18N2S2/c1-11-13-7-9-20-15(13)6-8-18(11)10-12-4-2-3-5-14(12)16(17)19/h2-5,7,9,11H,6,8,10H2,1H3,(H2,17,19). The molecule has 0 saturated heterocycles. The number of rotatable bonds is 3. The van der Waals surface area contributed by atoms with Gasteiger partial charge in [-0.15, -0.1) is 11.3 Å². The van der Waals surface area contributed by atoms with Crippen molar-refractivity contribution in [2.75, 3.05) is 6.54 Å². The van der Waals surface area contributed by atoms with Crippen molar-refractivity contribution in [3.8, 4) is 0 Å². The number of fused-ring (bicyclic) bond motifs is 1. The van der Waals surface area contributed by atoms with E-state index in [1.54, 1.807) is 0 Å². The first-order valence-corrected chi connectivity index (χ1v) is 8.13. The lowest BCUT2D eigenvalue weighted by Crippen LogP contribution is -2.33. The van der Waals surface area contributed by atoms with Crippen LogP contribution < -0.4 is 5.73 Å². The van der Waals surface area contributed by atoms with E-state index >= 15 is 0 Å². The van der Waals surface area contributed by atoms with Gasteiger partial charge in [-0.2, -0.15) is 0 Å². The number of hydrogen-bond acceptors (Lipinski definition) is 3. The number of thiophene rings is 1. The average molecular weight is 302 g/mol. The molecule has 0 bridgehead atoms. The second kappa shape index (κ2) is 5.64. The normalized spacial score (nSPS) is 18.8. The minimum atomic E-state index is 0.462. The Morgan fingerprint density at radius 3 is 3.00 bits per heavy atom. The molecule has 2 heterocycles. The number of nitrogens with zero attached hydrogens (tertiary/aromatic N) is 1. The van der Waals surface area contributed by atoms with Crippen LogP contribution in [0.5, 0.6) is 0 Å². The highest BCUT2D eigenvalue weighted by atomic mass is 32.1. The van der Waals surface area contributed by atoms with E-state index in [0.717, 1.165) is 25.1 Å². The Morgan fingerprint density at radius 2 is 2.20 bits per heavy atom. The zero-order valence-corrected chi connectivity index (χ0v) is 13.1. The van der Waals surface area contributed by atoms with Crippen LogP contribution in [0.4, 0.5) is 0 Å². The number of nitrogens with two attached hydrogens (primary N) is 1. The Balaban J connectivity index is 1.85. The Bertz CT molecular complexity index is 633. The molecule has 2 aromatic rings. The molecule has 4 heteroatoms. The SMILES string of the molecule is CC1c2ccsc2CCN1Cc1ccccc1C(N)=S. The molecule has 1 aromatic carbocycles. The Hall–Kier alpha value is -1.23. The van der Waals surface area contributed by atoms with Gasteiger partial charge >= 0.3 is 0 Å². The minimum absolute atomic E-state index is 0.462. The molecule has 1 aliphatic heterocycles. The van der Waals surface area contributed by atoms with Crippen molar-refractivity contribution in [3.05, 3.63) is 57.3 Å². The van der Waals surface area contributed by atoms with Crippen LogP contribution in [0.25, 0.3) is 0 Å². The van der Waals surface area contributed by atoms with E-state index in [9.17, 15) is 0 Å². The molecular weight excluding hydrogens is 284 g/mol. The number of hydrogen-bond donors (Lipinski definition) is 1. The second-order valence-electron chi connectivity index (χ2n) is 5.22. The first kappa shape index (κ1) is 13.7. The van der Waals surface area contributed by atoms with Gasteiger partial charge in [0.05, 0.1) is 0 Å². The molecule has 1 atom stereocenters. The Morgan fingerprint density at radius 1 is 1.40 bits per heavy atom. The fraction of sp³-hybridized carbons (Fsp3) is 0.312. The Kier molecular flexibility index (Phi) is 3.87. The maximum atomic E-state index is 5.83. The summed E-state index contributed by atoms with van der Waals surface area (Å²) in [6, 6.07) is 10.9. The molecule has 104 valence electrons. The molecule has 0 spiro atoms. The van der Waals surface area contributed by atoms with Crippen LogP contribution >= 0.6 is 23.6 Å². The van der Waals surface area contributed by atoms with Crippen LogP contribution in [-0.4, -0.2) is 16.4 Å². The van der Waals surface area contributed by atoms with Gasteiger partial charge in [0.15, 0.2) is 0 Å². The molecule has 0 radical (unpaired) electrons. The van der Waals surface area contributed by atoms with Crippen LogP contribution in [0.1, 0.15) is 34.5 Å². The van der Waals surface area contributed by atoms with Crippen molar-refractivity contribution >= 4 is 28.5 Å². The summed E-state index contributed by atoms with van der Waals surface area (Å²) in [7, 11) is 0. The summed E-state index contributed by atoms with van der Waals surface area (Å²) in [5, 5.41) is 2.20. The van der Waals surface area contributed by atoms with Gasteiger partial charge in [0, 0.05) is 29.6 Å². The van der Waals surface area contributed by atoms with Crippen molar-refractivity contribution in [3.63, 3.8) is 0 Å². The van der Waals surface area contributed by atoms with Crippen molar-refractivity contribution in [1.82, 2.24) is 4.90 Å². The quantitative estimate of drug-likeness (QED) is 0.880. The molecule has 2 N–H and O–H groups in total. The Labute approximate surface area is 129 Å². The van der Waals surface area contributed by atoms with Crippen LogP contribution in [0.15, 0.2) is 35.7 Å². The fourth-order valence-corrected chi connectivity index (χ4v) is 4.06. The molecule has 0 aliphatic carbocycles. The zero-order chi connectivity index (χ0) is 14.1. The molecule has 0 saturated carbocycles. The molecule has 20 heavy (non-hydrogen) atoms. The van der Waals surface area contributed by atoms with Gasteiger partial charge in [0.2, 0.25) is 0 Å². The van der Waals surface area contributed by atoms with Crippen LogP contribution in [0.3, 0.4) is 0 Å². The molecule has 1 aromatic heterocycles. The molecule has 3 rings (SSSR count). The lowest BCUT2D eigenvalue weighted by molar-refractivity contribution is 0.191. The summed E-state index contributed by atoms with van der Waals surface area (Å²) in [5.74, 6) is 0. The van der Waals surface area contributed by atoms with Crippen LogP contribution in [0.2, 0.25) is 0 Å². The molecule has 1 unspecified atom stereocenters. The van der Waals surface area contributed by atoms with Gasteiger partial charge in [-0.3, -0.25) is 4.90 Å². The highest BCUT2D eigenvalue weighted by Gasteiger charge is 2.25. The van der Waals surface area contributed by atoms with Crippen molar-refractivity contribution in [2.24, 2.45) is 5.73 Å². The summed E-state index contributed by atoms with van der Waals surface area (Å²) in [5.41, 5.74) is 9.54. The van der Waals surface area contributed by atoms with E-state index < -0.39 is 0 Å². The molecular formula is C16H18N2S2. The monoisotopic (exact) mass is 302 g/mol. The van der Waals surface area contributed by atoms with E-state index in [2.05, 4.69) is 35.4 Å². The van der Waals surface area contributed by atoms with Crippen molar-refractivity contribution in [2.45, 2.75) is 25.9 Å². The van der Waals surface area contributed by atoms with Crippen molar-refractivity contribution < 1.29 is 0 Å². The molecule has 1 aliphatic rings. The highest BCUT2D eigenvalue weighted by molar-refractivity contribution is 7.80. The lowest BCUT2D eigenvalue weighted by atomic mass is 9.99. The predicted molar refractivity (Wildman–Crippen MR) is 89.2 cm³/mol. The largest absolute Gasteiger partial charge is 0.389 e. The fourth-order valence-electron chi connectivity index (χ4n) is 2.89. The summed E-state index contributed by atoms with van der Waals surface area (Å²) < 4.78 is 0. The average Bonchev–Trinajstić information content (AvgIpc) is 2.91. The van der Waals surface area contributed by atoms with Gasteiger partial charge in [0.25, 0.3) is 0 Å². The van der Waals surface area contributed by atoms with Gasteiger partial charge in [0.1, 0.15) is 4.99 Å². The van der Waals surface area contributed by atoms with Gasteiger partial charge in [-0.05, 0) is 35.9 Å². The van der Waals surface area contributed by atoms with E-state index in [1.807, 2.05) is 23.5 Å². The van der Waals surface area contributed by atoms with Gasteiger partial charge in [-0.1, -0.05) is 36.5 Å². The lowest BCUT2D eigenvalue weighted by Gasteiger charge is -2.34. The molecule has 0 amide bonds. The maximum absolute atomic E-state index is 5.83. The topological polar surface area (TPSA) is 29.3 Å². The number of benzene rings is 1. The first-order chi connectivity index (χ1) is 9.66. The van der Waals surface area contributed by atoms with E-state index in [-0.39, 0.29) is 0 Å². The zero-order valence-electron chi connectivity index (χ0n) is 11.5. The first-order valence-electron chi connectivity index (χ1n) is 6.85. The summed E-state index contributed by atoms with van der Waals surface area (Å²) >= 11 is 7.03. The third-order valence-electron chi connectivity index (χ3n) is 4.06. The summed E-state index contributed by atoms with van der Waals surface area (Å²) in [4.78, 5) is 4.53. The molecule has 2 nitrogen and oxygen atoms in total. The van der Waals surface area contributed by atoms with E-state index in [1.165, 1.54) is 16.0 Å². The van der Waals surface area contributed by atoms with Crippen molar-refractivity contribution in [1.29, 1.82) is 0 Å². The van der Waals surface area contributed by atoms with E-state index in [0.29, 0.717) is 11.0 Å². The summed E-state index contributed by atoms with van der Waals surface area (Å²) in [6.45, 7) is 4.29. The predicted octanol–water partition coefficient (Wildman–Crippen LogP) is 3.50. The number of thiocarbonyl (C=S) groups is 1. The third-order valence-corrected chi connectivity index (χ3v) is 5.28. The maximum Gasteiger partial charge on any atom is 0.104 e. The van der Waals surface area contributed by atoms with Crippen LogP contribution in [0, 0.1) is 0 Å². The van der Waals surface area contributed by atoms with Gasteiger partial charge in [-0.25, -0.2) is 0 Å². The van der Waals surface area contributed by atoms with Gasteiger partial charge < -0.3 is 5.73 Å². The summed E-state index contributed by atoms with van der Waals surface area (Å²) in [6.07, 6.45) is 1.15. The highest BCUT2D eigenvalue weighted by Crippen LogP contribution is 2.33. The van der Waals surface area contributed by atoms with E-state index in [4.69, 9.17) is 18.0 Å². The molecule has 0 fully saturated rings. The van der Waals surface area contributed by atoms with Crippen LogP contribution in [-0.2, 0) is 13.0 Å². The second-order valence-corrected chi connectivity index (χ2v) is 6.66. The minimum Gasteiger partial charge on any atom is -0.389 e. The smallest absolute Gasteiger partial charge is 0.104 e. The third kappa shape index (κ3) is 2.51.